The lowest BCUT2D eigenvalue weighted by molar-refractivity contribution is -0.130. The molecule has 2 heterocycles. The molecule has 0 saturated carbocycles. The van der Waals surface area contributed by atoms with Gasteiger partial charge in [-0.2, -0.15) is 0 Å². The molecule has 0 atom stereocenters. The van der Waals surface area contributed by atoms with Crippen molar-refractivity contribution in [2.24, 2.45) is 0 Å². The van der Waals surface area contributed by atoms with Crippen LogP contribution in [-0.2, 0) is 4.79 Å². The van der Waals surface area contributed by atoms with Crippen molar-refractivity contribution in [2.75, 3.05) is 26.2 Å². The molecule has 3 aromatic rings. The third-order valence-electron chi connectivity index (χ3n) is 4.86. The molecule has 0 spiro atoms. The van der Waals surface area contributed by atoms with E-state index in [1.54, 1.807) is 23.1 Å². The highest BCUT2D eigenvalue weighted by Gasteiger charge is 2.23. The molecule has 0 radical (unpaired) electrons. The Morgan fingerprint density at radius 2 is 1.54 bits per heavy atom. The zero-order valence-corrected chi connectivity index (χ0v) is 14.6. The number of rotatable bonds is 2. The molecule has 26 heavy (non-hydrogen) atoms. The fourth-order valence-corrected chi connectivity index (χ4v) is 3.34. The predicted molar refractivity (Wildman–Crippen MR) is 99.2 cm³/mol. The Morgan fingerprint density at radius 1 is 0.885 bits per heavy atom. The van der Waals surface area contributed by atoms with E-state index in [9.17, 15) is 9.59 Å². The van der Waals surface area contributed by atoms with Crippen molar-refractivity contribution in [1.82, 2.24) is 19.4 Å². The maximum Gasteiger partial charge on any atom is 0.253 e. The third-order valence-corrected chi connectivity index (χ3v) is 4.86. The summed E-state index contributed by atoms with van der Waals surface area (Å²) in [4.78, 5) is 32.1. The van der Waals surface area contributed by atoms with Crippen molar-refractivity contribution in [3.8, 4) is 5.69 Å². The summed E-state index contributed by atoms with van der Waals surface area (Å²) in [5, 5.41) is 0. The summed E-state index contributed by atoms with van der Waals surface area (Å²) >= 11 is 0. The molecule has 0 bridgehead atoms. The molecule has 2 aromatic carbocycles. The molecule has 1 aliphatic heterocycles. The number of carbonyl (C=O) groups is 2. The van der Waals surface area contributed by atoms with Crippen LogP contribution in [0.15, 0.2) is 54.9 Å². The van der Waals surface area contributed by atoms with Crippen LogP contribution in [0.5, 0.6) is 0 Å². The van der Waals surface area contributed by atoms with E-state index in [0.29, 0.717) is 31.7 Å². The normalized spacial score (nSPS) is 14.7. The van der Waals surface area contributed by atoms with Crippen LogP contribution in [-0.4, -0.2) is 57.3 Å². The number of carbonyl (C=O) groups excluding carboxylic acids is 2. The number of amides is 2. The smallest absolute Gasteiger partial charge is 0.253 e. The molecule has 2 amide bonds. The Bertz CT molecular complexity index is 953. The SMILES string of the molecule is CC(=O)N1CCN(C(=O)c2ccc(-n3cnc4ccccc43)cc2)CC1. The molecule has 1 aliphatic rings. The van der Waals surface area contributed by atoms with E-state index >= 15 is 0 Å². The van der Waals surface area contributed by atoms with Gasteiger partial charge in [0, 0.05) is 44.4 Å². The second-order valence-electron chi connectivity index (χ2n) is 6.45. The Labute approximate surface area is 151 Å². The highest BCUT2D eigenvalue weighted by Crippen LogP contribution is 2.19. The summed E-state index contributed by atoms with van der Waals surface area (Å²) in [7, 11) is 0. The lowest BCUT2D eigenvalue weighted by atomic mass is 10.1. The Kier molecular flexibility index (Phi) is 4.16. The van der Waals surface area contributed by atoms with Gasteiger partial charge in [0.05, 0.1) is 11.0 Å². The number of hydrogen-bond acceptors (Lipinski definition) is 3. The van der Waals surface area contributed by atoms with Gasteiger partial charge in [-0.15, -0.1) is 0 Å². The maximum absolute atomic E-state index is 12.7. The summed E-state index contributed by atoms with van der Waals surface area (Å²) in [5.74, 6) is 0.0734. The van der Waals surface area contributed by atoms with Gasteiger partial charge in [0.2, 0.25) is 5.91 Å². The largest absolute Gasteiger partial charge is 0.339 e. The van der Waals surface area contributed by atoms with Crippen LogP contribution in [0.2, 0.25) is 0 Å². The van der Waals surface area contributed by atoms with Gasteiger partial charge in [0.25, 0.3) is 5.91 Å². The number of imidazole rings is 1. The summed E-state index contributed by atoms with van der Waals surface area (Å²) in [5.41, 5.74) is 3.61. The monoisotopic (exact) mass is 348 g/mol. The number of hydrogen-bond donors (Lipinski definition) is 0. The van der Waals surface area contributed by atoms with Crippen molar-refractivity contribution in [3.63, 3.8) is 0 Å². The van der Waals surface area contributed by atoms with Gasteiger partial charge in [-0.1, -0.05) is 12.1 Å². The molecular weight excluding hydrogens is 328 g/mol. The highest BCUT2D eigenvalue weighted by atomic mass is 16.2. The Balaban J connectivity index is 1.51. The van der Waals surface area contributed by atoms with E-state index in [-0.39, 0.29) is 11.8 Å². The van der Waals surface area contributed by atoms with E-state index < -0.39 is 0 Å². The molecule has 1 aromatic heterocycles. The van der Waals surface area contributed by atoms with E-state index in [4.69, 9.17) is 0 Å². The van der Waals surface area contributed by atoms with Crippen molar-refractivity contribution in [1.29, 1.82) is 0 Å². The van der Waals surface area contributed by atoms with Gasteiger partial charge in [0.1, 0.15) is 6.33 Å². The molecule has 0 N–H and O–H groups in total. The number of fused-ring (bicyclic) bond motifs is 1. The molecule has 6 nitrogen and oxygen atoms in total. The standard InChI is InChI=1S/C20H20N4O2/c1-15(25)22-10-12-23(13-11-22)20(26)16-6-8-17(9-7-16)24-14-21-18-4-2-3-5-19(18)24/h2-9,14H,10-13H2,1H3. The number of piperazine rings is 1. The fourth-order valence-electron chi connectivity index (χ4n) is 3.34. The summed E-state index contributed by atoms with van der Waals surface area (Å²) < 4.78 is 2.01. The number of aromatic nitrogens is 2. The van der Waals surface area contributed by atoms with E-state index in [1.807, 2.05) is 53.1 Å². The molecule has 132 valence electrons. The van der Waals surface area contributed by atoms with Crippen LogP contribution in [0.4, 0.5) is 0 Å². The van der Waals surface area contributed by atoms with E-state index in [1.165, 1.54) is 0 Å². The molecule has 0 aliphatic carbocycles. The first-order valence-electron chi connectivity index (χ1n) is 8.71. The highest BCUT2D eigenvalue weighted by molar-refractivity contribution is 5.94. The van der Waals surface area contributed by atoms with Crippen LogP contribution < -0.4 is 0 Å². The van der Waals surface area contributed by atoms with Crippen molar-refractivity contribution in [2.45, 2.75) is 6.92 Å². The number of nitrogens with zero attached hydrogens (tertiary/aromatic N) is 4. The minimum atomic E-state index is 0.00948. The lowest BCUT2D eigenvalue weighted by Gasteiger charge is -2.34. The summed E-state index contributed by atoms with van der Waals surface area (Å²) in [6, 6.07) is 15.5. The van der Waals surface area contributed by atoms with Crippen LogP contribution in [0.3, 0.4) is 0 Å². The van der Waals surface area contributed by atoms with Crippen molar-refractivity contribution < 1.29 is 9.59 Å². The molecule has 0 unspecified atom stereocenters. The van der Waals surface area contributed by atoms with E-state index in [0.717, 1.165) is 16.7 Å². The van der Waals surface area contributed by atoms with Crippen LogP contribution in [0.1, 0.15) is 17.3 Å². The first kappa shape index (κ1) is 16.3. The van der Waals surface area contributed by atoms with E-state index in [2.05, 4.69) is 4.98 Å². The third kappa shape index (κ3) is 2.94. The van der Waals surface area contributed by atoms with Gasteiger partial charge in [-0.05, 0) is 36.4 Å². The van der Waals surface area contributed by atoms with Gasteiger partial charge >= 0.3 is 0 Å². The van der Waals surface area contributed by atoms with Crippen LogP contribution in [0.25, 0.3) is 16.7 Å². The molecule has 4 rings (SSSR count). The average molecular weight is 348 g/mol. The summed E-state index contributed by atoms with van der Waals surface area (Å²) in [6.07, 6.45) is 1.79. The molecule has 1 fully saturated rings. The van der Waals surface area contributed by atoms with Crippen LogP contribution in [0, 0.1) is 0 Å². The minimum absolute atomic E-state index is 0.00948. The zero-order valence-electron chi connectivity index (χ0n) is 14.6. The van der Waals surface area contributed by atoms with Gasteiger partial charge in [-0.25, -0.2) is 4.98 Å². The number of benzene rings is 2. The molecular formula is C20H20N4O2. The number of para-hydroxylation sites is 2. The zero-order chi connectivity index (χ0) is 18.1. The minimum Gasteiger partial charge on any atom is -0.339 e. The molecule has 1 saturated heterocycles. The average Bonchev–Trinajstić information content (AvgIpc) is 3.12. The van der Waals surface area contributed by atoms with Gasteiger partial charge < -0.3 is 9.80 Å². The second kappa shape index (κ2) is 6.63. The second-order valence-corrected chi connectivity index (χ2v) is 6.45. The van der Waals surface area contributed by atoms with Crippen LogP contribution >= 0.6 is 0 Å². The topological polar surface area (TPSA) is 58.4 Å². The van der Waals surface area contributed by atoms with Crippen molar-refractivity contribution in [3.05, 3.63) is 60.4 Å². The van der Waals surface area contributed by atoms with Crippen molar-refractivity contribution >= 4 is 22.8 Å². The Morgan fingerprint density at radius 3 is 2.23 bits per heavy atom. The molecule has 6 heteroatoms. The summed E-state index contributed by atoms with van der Waals surface area (Å²) in [6.45, 7) is 3.91. The van der Waals surface area contributed by atoms with Gasteiger partial charge in [0.15, 0.2) is 0 Å². The first-order chi connectivity index (χ1) is 12.6. The Hall–Kier alpha value is -3.15. The quantitative estimate of drug-likeness (QED) is 0.714. The first-order valence-corrected chi connectivity index (χ1v) is 8.71. The maximum atomic E-state index is 12.7. The van der Waals surface area contributed by atoms with Gasteiger partial charge in [-0.3, -0.25) is 14.2 Å². The predicted octanol–water partition coefficient (Wildman–Crippen LogP) is 2.33. The lowest BCUT2D eigenvalue weighted by Crippen LogP contribution is -2.50. The fraction of sp³-hybridized carbons (Fsp3) is 0.250.